The summed E-state index contributed by atoms with van der Waals surface area (Å²) in [5.74, 6) is 1.64. The molecule has 3 aliphatic carbocycles. The highest BCUT2D eigenvalue weighted by atomic mass is 16.4. The summed E-state index contributed by atoms with van der Waals surface area (Å²) in [6, 6.07) is 17.5. The predicted molar refractivity (Wildman–Crippen MR) is 118 cm³/mol. The summed E-state index contributed by atoms with van der Waals surface area (Å²) in [4.78, 5) is 12.0. The van der Waals surface area contributed by atoms with Crippen LogP contribution in [0.2, 0.25) is 0 Å². The Morgan fingerprint density at radius 1 is 0.900 bits per heavy atom. The minimum atomic E-state index is -0.833. The van der Waals surface area contributed by atoms with E-state index in [0.717, 1.165) is 24.4 Å². The van der Waals surface area contributed by atoms with Crippen molar-refractivity contribution >= 4 is 22.4 Å². The minimum absolute atomic E-state index is 0.184. The van der Waals surface area contributed by atoms with Crippen molar-refractivity contribution in [3.05, 3.63) is 76.3 Å². The highest BCUT2D eigenvalue weighted by molar-refractivity contribution is 5.97. The number of aryl methyl sites for hydroxylation is 2. The molecule has 30 heavy (non-hydrogen) atoms. The van der Waals surface area contributed by atoms with Crippen LogP contribution in [0.4, 0.5) is 5.69 Å². The summed E-state index contributed by atoms with van der Waals surface area (Å²) in [5.41, 5.74) is 6.84. The molecule has 4 aliphatic rings. The number of carboxylic acids is 1. The highest BCUT2D eigenvalue weighted by Crippen LogP contribution is 2.64. The molecule has 7 rings (SSSR count). The Hall–Kier alpha value is -2.81. The summed E-state index contributed by atoms with van der Waals surface area (Å²) in [6.07, 6.45) is 6.18. The molecule has 2 bridgehead atoms. The molecule has 150 valence electrons. The van der Waals surface area contributed by atoms with Crippen molar-refractivity contribution in [3.8, 4) is 0 Å². The van der Waals surface area contributed by atoms with Crippen molar-refractivity contribution < 1.29 is 9.90 Å². The molecular formula is C27H25NO2. The topological polar surface area (TPSA) is 49.3 Å². The molecule has 0 saturated heterocycles. The number of hydrogen-bond donors (Lipinski definition) is 2. The normalized spacial score (nSPS) is 30.2. The van der Waals surface area contributed by atoms with Crippen LogP contribution in [0.3, 0.4) is 0 Å². The van der Waals surface area contributed by atoms with Crippen molar-refractivity contribution in [2.75, 3.05) is 5.32 Å². The van der Waals surface area contributed by atoms with E-state index >= 15 is 0 Å². The first-order valence-corrected chi connectivity index (χ1v) is 11.4. The van der Waals surface area contributed by atoms with E-state index in [4.69, 9.17) is 0 Å². The van der Waals surface area contributed by atoms with Gasteiger partial charge in [-0.1, -0.05) is 42.5 Å². The summed E-state index contributed by atoms with van der Waals surface area (Å²) >= 11 is 0. The van der Waals surface area contributed by atoms with Crippen LogP contribution in [0.25, 0.3) is 10.8 Å². The van der Waals surface area contributed by atoms with Gasteiger partial charge in [-0.25, -0.2) is 4.79 Å². The second kappa shape index (κ2) is 5.87. The third-order valence-electron chi connectivity index (χ3n) is 8.60. The molecule has 2 saturated carbocycles. The number of carbonyl (C=O) groups is 1. The third-order valence-corrected chi connectivity index (χ3v) is 8.60. The number of benzene rings is 3. The Balaban J connectivity index is 1.47. The van der Waals surface area contributed by atoms with Gasteiger partial charge in [-0.05, 0) is 94.9 Å². The first-order valence-electron chi connectivity index (χ1n) is 11.4. The molecule has 1 heterocycles. The number of para-hydroxylation sites is 1. The van der Waals surface area contributed by atoms with Crippen LogP contribution in [-0.4, -0.2) is 11.1 Å². The van der Waals surface area contributed by atoms with Crippen molar-refractivity contribution in [1.82, 2.24) is 0 Å². The summed E-state index contributed by atoms with van der Waals surface area (Å²) in [6.45, 7) is 0. The van der Waals surface area contributed by atoms with Crippen molar-refractivity contribution in [2.45, 2.75) is 44.1 Å². The molecule has 3 nitrogen and oxygen atoms in total. The zero-order valence-corrected chi connectivity index (χ0v) is 16.9. The van der Waals surface area contributed by atoms with Crippen LogP contribution in [-0.2, 0) is 12.8 Å². The molecule has 2 fully saturated rings. The van der Waals surface area contributed by atoms with Gasteiger partial charge in [-0.15, -0.1) is 0 Å². The Labute approximate surface area is 176 Å². The number of fused-ring (bicyclic) bond motifs is 7. The van der Waals surface area contributed by atoms with E-state index in [9.17, 15) is 9.90 Å². The largest absolute Gasteiger partial charge is 0.478 e. The Morgan fingerprint density at radius 2 is 1.70 bits per heavy atom. The van der Waals surface area contributed by atoms with E-state index in [2.05, 4.69) is 41.7 Å². The number of nitrogens with one attached hydrogen (secondary N) is 1. The smallest absolute Gasteiger partial charge is 0.337 e. The SMILES string of the molecule is O=C(O)c1cccc2c1N[C@H](c1ccc3c4c(cccc14)CC3)[C@H]1[C@H]3CC[C@@H](C3)[C@@H]21. The van der Waals surface area contributed by atoms with Crippen LogP contribution >= 0.6 is 0 Å². The maximum absolute atomic E-state index is 12.0. The van der Waals surface area contributed by atoms with Crippen LogP contribution in [0.15, 0.2) is 48.5 Å². The average Bonchev–Trinajstić information content (AvgIpc) is 3.49. The van der Waals surface area contributed by atoms with Crippen molar-refractivity contribution in [2.24, 2.45) is 17.8 Å². The summed E-state index contributed by atoms with van der Waals surface area (Å²) in [5, 5.41) is 16.5. The van der Waals surface area contributed by atoms with Crippen molar-refractivity contribution in [3.63, 3.8) is 0 Å². The molecular weight excluding hydrogens is 370 g/mol. The van der Waals surface area contributed by atoms with Crippen LogP contribution in [0.5, 0.6) is 0 Å². The van der Waals surface area contributed by atoms with Gasteiger partial charge in [0.15, 0.2) is 0 Å². The standard InChI is InChI=1S/C27H25NO2/c29-27(30)21-6-2-5-20-23-16-9-10-17(13-16)24(23)26(28-25(20)21)19-12-11-15-8-7-14-3-1-4-18(19)22(14)15/h1-6,11-12,16-17,23-24,26,28H,7-10,13H2,(H,29,30)/t16-,17-,23-,24-,26+/m0/s1. The lowest BCUT2D eigenvalue weighted by atomic mass is 9.67. The predicted octanol–water partition coefficient (Wildman–Crippen LogP) is 5.93. The summed E-state index contributed by atoms with van der Waals surface area (Å²) in [7, 11) is 0. The number of rotatable bonds is 2. The minimum Gasteiger partial charge on any atom is -0.478 e. The van der Waals surface area contributed by atoms with Gasteiger partial charge in [0, 0.05) is 0 Å². The lowest BCUT2D eigenvalue weighted by molar-refractivity contribution is 0.0697. The molecule has 0 amide bonds. The average molecular weight is 396 g/mol. The molecule has 0 aromatic heterocycles. The first-order chi connectivity index (χ1) is 14.7. The fourth-order valence-electron chi connectivity index (χ4n) is 7.54. The molecule has 5 atom stereocenters. The van der Waals surface area contributed by atoms with Crippen LogP contribution in [0, 0.1) is 17.8 Å². The van der Waals surface area contributed by atoms with Gasteiger partial charge in [0.2, 0.25) is 0 Å². The van der Waals surface area contributed by atoms with Gasteiger partial charge < -0.3 is 10.4 Å². The van der Waals surface area contributed by atoms with Gasteiger partial charge >= 0.3 is 5.97 Å². The number of anilines is 1. The fraction of sp³-hybridized carbons (Fsp3) is 0.370. The fourth-order valence-corrected chi connectivity index (χ4v) is 7.54. The first kappa shape index (κ1) is 16.9. The van der Waals surface area contributed by atoms with E-state index in [1.807, 2.05) is 6.07 Å². The monoisotopic (exact) mass is 395 g/mol. The molecule has 3 aromatic carbocycles. The third kappa shape index (κ3) is 2.08. The van der Waals surface area contributed by atoms with Gasteiger partial charge in [0.1, 0.15) is 0 Å². The Morgan fingerprint density at radius 3 is 2.57 bits per heavy atom. The summed E-state index contributed by atoms with van der Waals surface area (Å²) < 4.78 is 0. The maximum atomic E-state index is 12.0. The van der Waals surface area contributed by atoms with Gasteiger partial charge in [-0.3, -0.25) is 0 Å². The van der Waals surface area contributed by atoms with Crippen LogP contribution < -0.4 is 5.32 Å². The number of hydrogen-bond acceptors (Lipinski definition) is 2. The van der Waals surface area contributed by atoms with E-state index < -0.39 is 5.97 Å². The van der Waals surface area contributed by atoms with Crippen molar-refractivity contribution in [1.29, 1.82) is 0 Å². The van der Waals surface area contributed by atoms with E-state index in [1.165, 1.54) is 52.3 Å². The zero-order chi connectivity index (χ0) is 20.0. The van der Waals surface area contributed by atoms with Gasteiger partial charge in [0.05, 0.1) is 17.3 Å². The zero-order valence-electron chi connectivity index (χ0n) is 16.9. The molecule has 2 N–H and O–H groups in total. The highest BCUT2D eigenvalue weighted by Gasteiger charge is 2.54. The Kier molecular flexibility index (Phi) is 3.31. The lowest BCUT2D eigenvalue weighted by Gasteiger charge is -2.44. The quantitative estimate of drug-likeness (QED) is 0.565. The van der Waals surface area contributed by atoms with Gasteiger partial charge in [-0.2, -0.15) is 0 Å². The van der Waals surface area contributed by atoms with E-state index in [0.29, 0.717) is 23.3 Å². The second-order valence-electron chi connectivity index (χ2n) is 9.79. The maximum Gasteiger partial charge on any atom is 0.337 e. The second-order valence-corrected chi connectivity index (χ2v) is 9.79. The number of aromatic carboxylic acids is 1. The molecule has 3 heteroatoms. The molecule has 3 aromatic rings. The van der Waals surface area contributed by atoms with Crippen LogP contribution in [0.1, 0.15) is 63.8 Å². The molecule has 1 aliphatic heterocycles. The molecule has 0 radical (unpaired) electrons. The van der Waals surface area contributed by atoms with E-state index in [-0.39, 0.29) is 6.04 Å². The van der Waals surface area contributed by atoms with Gasteiger partial charge in [0.25, 0.3) is 0 Å². The number of carboxylic acid groups (broad SMARTS) is 1. The Bertz CT molecular complexity index is 1220. The van der Waals surface area contributed by atoms with E-state index in [1.54, 1.807) is 6.07 Å². The molecule has 0 unspecified atom stereocenters. The lowest BCUT2D eigenvalue weighted by Crippen LogP contribution is -2.36. The molecule has 0 spiro atoms.